The quantitative estimate of drug-likeness (QED) is 0.112. The Balaban J connectivity index is 1.39. The van der Waals surface area contributed by atoms with Crippen LogP contribution in [0.5, 0.6) is 0 Å². The van der Waals surface area contributed by atoms with Crippen molar-refractivity contribution in [2.45, 2.75) is 57.2 Å². The van der Waals surface area contributed by atoms with Crippen LogP contribution in [0.25, 0.3) is 10.8 Å². The molecule has 0 unspecified atom stereocenters. The molecule has 1 heterocycles. The normalized spacial score (nSPS) is 13.5. The first-order valence-electron chi connectivity index (χ1n) is 13.1. The highest BCUT2D eigenvalue weighted by Crippen LogP contribution is 2.29. The molecule has 0 saturated heterocycles. The van der Waals surface area contributed by atoms with E-state index in [1.165, 1.54) is 12.1 Å². The van der Waals surface area contributed by atoms with Crippen molar-refractivity contribution in [3.05, 3.63) is 82.3 Å². The molecule has 3 aromatic rings. The number of carbonyl (C=O) groups is 3. The summed E-state index contributed by atoms with van der Waals surface area (Å²) in [5.74, 6) is -3.16. The summed E-state index contributed by atoms with van der Waals surface area (Å²) in [7, 11) is -4.27. The Morgan fingerprint density at radius 3 is 2.37 bits per heavy atom. The van der Waals surface area contributed by atoms with E-state index in [0.717, 1.165) is 35.6 Å². The van der Waals surface area contributed by atoms with E-state index in [1.807, 2.05) is 0 Å². The van der Waals surface area contributed by atoms with Gasteiger partial charge in [-0.05, 0) is 60.2 Å². The SMILES string of the molecule is N=C(N)c1ccc2cc(CS(=O)(=O)OC(=O)CC(CC(=O)NCc3ccc(C(=O)O)o3)=C3CCCCC3)ccc2c1. The van der Waals surface area contributed by atoms with Crippen LogP contribution in [0.2, 0.25) is 0 Å². The zero-order chi connectivity index (χ0) is 29.6. The minimum Gasteiger partial charge on any atom is -0.475 e. The summed E-state index contributed by atoms with van der Waals surface area (Å²) in [5, 5.41) is 20.7. The fraction of sp³-hybridized carbons (Fsp3) is 0.310. The summed E-state index contributed by atoms with van der Waals surface area (Å²) < 4.78 is 35.5. The Kier molecular flexibility index (Phi) is 9.23. The number of fused-ring (bicyclic) bond motifs is 1. The first kappa shape index (κ1) is 29.5. The predicted octanol–water partition coefficient (Wildman–Crippen LogP) is 4.15. The summed E-state index contributed by atoms with van der Waals surface area (Å²) >= 11 is 0. The summed E-state index contributed by atoms with van der Waals surface area (Å²) in [6.07, 6.45) is 3.83. The fourth-order valence-electron chi connectivity index (χ4n) is 4.81. The van der Waals surface area contributed by atoms with Gasteiger partial charge in [0.05, 0.1) is 13.0 Å². The van der Waals surface area contributed by atoms with Crippen molar-refractivity contribution in [1.29, 1.82) is 5.41 Å². The van der Waals surface area contributed by atoms with Crippen LogP contribution in [0.15, 0.2) is 64.1 Å². The van der Waals surface area contributed by atoms with Gasteiger partial charge in [0.1, 0.15) is 17.3 Å². The number of nitrogens with two attached hydrogens (primary N) is 1. The van der Waals surface area contributed by atoms with Crippen molar-refractivity contribution in [2.24, 2.45) is 5.73 Å². The zero-order valence-corrected chi connectivity index (χ0v) is 23.1. The molecule has 1 aliphatic carbocycles. The number of furan rings is 1. The topological polar surface area (TPSA) is 190 Å². The van der Waals surface area contributed by atoms with Crippen LogP contribution in [-0.2, 0) is 36.2 Å². The number of nitrogen functional groups attached to an aromatic ring is 1. The second kappa shape index (κ2) is 12.8. The highest BCUT2D eigenvalue weighted by atomic mass is 32.2. The molecule has 0 aliphatic heterocycles. The molecule has 12 heteroatoms. The van der Waals surface area contributed by atoms with Crippen LogP contribution in [-0.4, -0.2) is 37.2 Å². The minimum absolute atomic E-state index is 0.0324. The molecule has 0 atom stereocenters. The molecule has 0 spiro atoms. The van der Waals surface area contributed by atoms with Gasteiger partial charge in [0.2, 0.25) is 11.7 Å². The highest BCUT2D eigenvalue weighted by Gasteiger charge is 2.23. The van der Waals surface area contributed by atoms with Crippen LogP contribution in [0.4, 0.5) is 0 Å². The Morgan fingerprint density at radius 2 is 1.68 bits per heavy atom. The van der Waals surface area contributed by atoms with Crippen LogP contribution >= 0.6 is 0 Å². The molecule has 1 aliphatic rings. The Hall–Kier alpha value is -4.45. The molecule has 41 heavy (non-hydrogen) atoms. The molecular formula is C29H31N3O8S. The van der Waals surface area contributed by atoms with Crippen molar-refractivity contribution < 1.29 is 36.5 Å². The second-order valence-corrected chi connectivity index (χ2v) is 11.5. The number of carboxylic acid groups (broad SMARTS) is 1. The van der Waals surface area contributed by atoms with Crippen molar-refractivity contribution in [2.75, 3.05) is 0 Å². The van der Waals surface area contributed by atoms with Crippen molar-refractivity contribution in [1.82, 2.24) is 5.32 Å². The van der Waals surface area contributed by atoms with Crippen LogP contribution in [0, 0.1) is 5.41 Å². The number of hydrogen-bond acceptors (Lipinski definition) is 8. The lowest BCUT2D eigenvalue weighted by Crippen LogP contribution is -2.24. The molecule has 2 aromatic carbocycles. The molecule has 0 bridgehead atoms. The standard InChI is InChI=1S/C29H31N3O8S/c30-28(31)22-9-8-20-12-18(6-7-21(20)13-22)17-41(37,38)40-27(34)15-23(19-4-2-1-3-5-19)14-26(33)32-16-24-10-11-25(39-24)29(35)36/h6-13H,1-5,14-17H2,(H3,30,31)(H,32,33)(H,35,36). The van der Waals surface area contributed by atoms with Crippen LogP contribution in [0.1, 0.15) is 72.4 Å². The van der Waals surface area contributed by atoms with Gasteiger partial charge in [-0.3, -0.25) is 15.0 Å². The van der Waals surface area contributed by atoms with E-state index in [4.69, 9.17) is 24.8 Å². The number of hydrogen-bond donors (Lipinski definition) is 4. The number of rotatable bonds is 11. The average molecular weight is 582 g/mol. The molecule has 1 saturated carbocycles. The third kappa shape index (κ3) is 8.27. The number of benzene rings is 2. The Labute approximate surface area is 237 Å². The summed E-state index contributed by atoms with van der Waals surface area (Å²) in [6, 6.07) is 12.9. The highest BCUT2D eigenvalue weighted by molar-refractivity contribution is 7.86. The van der Waals surface area contributed by atoms with Crippen molar-refractivity contribution in [3.63, 3.8) is 0 Å². The van der Waals surface area contributed by atoms with E-state index in [0.29, 0.717) is 29.5 Å². The summed E-state index contributed by atoms with van der Waals surface area (Å²) in [4.78, 5) is 36.4. The maximum Gasteiger partial charge on any atom is 0.371 e. The summed E-state index contributed by atoms with van der Waals surface area (Å²) in [5.41, 5.74) is 7.99. The van der Waals surface area contributed by atoms with E-state index in [-0.39, 0.29) is 36.7 Å². The number of allylic oxidation sites excluding steroid dienone is 1. The van der Waals surface area contributed by atoms with E-state index >= 15 is 0 Å². The molecule has 4 rings (SSSR count). The Morgan fingerprint density at radius 1 is 0.976 bits per heavy atom. The smallest absolute Gasteiger partial charge is 0.371 e. The number of nitrogens with one attached hydrogen (secondary N) is 2. The predicted molar refractivity (Wildman–Crippen MR) is 151 cm³/mol. The van der Waals surface area contributed by atoms with Gasteiger partial charge in [0, 0.05) is 12.0 Å². The van der Waals surface area contributed by atoms with Crippen molar-refractivity contribution >= 4 is 44.6 Å². The molecule has 0 radical (unpaired) electrons. The lowest BCUT2D eigenvalue weighted by atomic mass is 9.88. The second-order valence-electron chi connectivity index (χ2n) is 9.94. The van der Waals surface area contributed by atoms with Crippen LogP contribution in [0.3, 0.4) is 0 Å². The summed E-state index contributed by atoms with van der Waals surface area (Å²) in [6.45, 7) is -0.0324. The van der Waals surface area contributed by atoms with Gasteiger partial charge in [0.25, 0.3) is 0 Å². The van der Waals surface area contributed by atoms with E-state index in [1.54, 1.807) is 36.4 Å². The monoisotopic (exact) mass is 581 g/mol. The maximum absolute atomic E-state index is 12.8. The third-order valence-electron chi connectivity index (χ3n) is 6.80. The number of aromatic carboxylic acids is 1. The van der Waals surface area contributed by atoms with E-state index in [2.05, 4.69) is 5.32 Å². The number of carbonyl (C=O) groups excluding carboxylic acids is 2. The average Bonchev–Trinajstić information content (AvgIpc) is 3.41. The number of amidine groups is 1. The molecular weight excluding hydrogens is 550 g/mol. The van der Waals surface area contributed by atoms with Gasteiger partial charge < -0.3 is 24.8 Å². The molecule has 1 aromatic heterocycles. The largest absolute Gasteiger partial charge is 0.475 e. The lowest BCUT2D eigenvalue weighted by molar-refractivity contribution is -0.133. The fourth-order valence-corrected chi connectivity index (χ4v) is 5.79. The van der Waals surface area contributed by atoms with Gasteiger partial charge in [0.15, 0.2) is 0 Å². The number of amides is 1. The van der Waals surface area contributed by atoms with E-state index in [9.17, 15) is 22.8 Å². The maximum atomic E-state index is 12.8. The van der Waals surface area contributed by atoms with Crippen molar-refractivity contribution in [3.8, 4) is 0 Å². The molecule has 5 N–H and O–H groups in total. The Bertz CT molecular complexity index is 1630. The van der Waals surface area contributed by atoms with Gasteiger partial charge in [-0.15, -0.1) is 0 Å². The molecule has 11 nitrogen and oxygen atoms in total. The molecule has 1 amide bonds. The lowest BCUT2D eigenvalue weighted by Gasteiger charge is -2.19. The van der Waals surface area contributed by atoms with Gasteiger partial charge >= 0.3 is 22.1 Å². The zero-order valence-electron chi connectivity index (χ0n) is 22.3. The van der Waals surface area contributed by atoms with Gasteiger partial charge in [-0.25, -0.2) is 4.79 Å². The first-order chi connectivity index (χ1) is 19.5. The minimum atomic E-state index is -4.27. The first-order valence-corrected chi connectivity index (χ1v) is 14.7. The third-order valence-corrected chi connectivity index (χ3v) is 7.93. The van der Waals surface area contributed by atoms with Crippen LogP contribution < -0.4 is 11.1 Å². The number of carboxylic acids is 1. The van der Waals surface area contributed by atoms with Gasteiger partial charge in [-0.1, -0.05) is 47.9 Å². The van der Waals surface area contributed by atoms with Gasteiger partial charge in [-0.2, -0.15) is 8.42 Å². The molecule has 216 valence electrons. The van der Waals surface area contributed by atoms with E-state index < -0.39 is 33.7 Å². The molecule has 1 fully saturated rings.